The van der Waals surface area contributed by atoms with Gasteiger partial charge in [-0.2, -0.15) is 0 Å². The number of thiocarbonyl (C=S) groups is 1. The molecule has 1 nitrogen and oxygen atoms in total. The van der Waals surface area contributed by atoms with Crippen molar-refractivity contribution in [1.82, 2.24) is 4.90 Å². The molecule has 0 aliphatic rings. The first kappa shape index (κ1) is 17.9. The minimum Gasteiger partial charge on any atom is -0.363 e. The van der Waals surface area contributed by atoms with Gasteiger partial charge in [0.1, 0.15) is 4.99 Å². The van der Waals surface area contributed by atoms with E-state index in [-0.39, 0.29) is 0 Å². The number of allylic oxidation sites excluding steroid dienone is 2. The second-order valence-electron chi connectivity index (χ2n) is 6.09. The Bertz CT molecular complexity index is 522. The number of likely N-dealkylation sites (N-methyl/N-ethyl adjacent to an activating group) is 1. The highest BCUT2D eigenvalue weighted by molar-refractivity contribution is 7.81. The number of benzene rings is 1. The van der Waals surface area contributed by atoms with Crippen molar-refractivity contribution in [2.24, 2.45) is 0 Å². The Hall–Kier alpha value is -1.19. The molecule has 1 aromatic rings. The van der Waals surface area contributed by atoms with Gasteiger partial charge in [-0.3, -0.25) is 0 Å². The smallest absolute Gasteiger partial charge is 0.101 e. The first-order valence-corrected chi connectivity index (χ1v) is 11.5. The lowest BCUT2D eigenvalue weighted by Crippen LogP contribution is -2.39. The van der Waals surface area contributed by atoms with E-state index in [9.17, 15) is 0 Å². The summed E-state index contributed by atoms with van der Waals surface area (Å²) in [6, 6.07) is 10.5. The highest BCUT2D eigenvalue weighted by atomic mass is 32.1. The van der Waals surface area contributed by atoms with Crippen molar-refractivity contribution < 1.29 is 0 Å². The fourth-order valence-corrected chi connectivity index (χ4v) is 5.63. The minimum absolute atomic E-state index is 0.947. The quantitative estimate of drug-likeness (QED) is 0.308. The lowest BCUT2D eigenvalue weighted by molar-refractivity contribution is 0.475. The van der Waals surface area contributed by atoms with Crippen molar-refractivity contribution in [3.8, 4) is 0 Å². The highest BCUT2D eigenvalue weighted by Gasteiger charge is 2.28. The number of nitrogens with zero attached hydrogens (tertiary/aromatic N) is 1. The minimum atomic E-state index is -1.59. The van der Waals surface area contributed by atoms with Gasteiger partial charge < -0.3 is 4.90 Å². The summed E-state index contributed by atoms with van der Waals surface area (Å²) in [6.07, 6.45) is 1.97. The zero-order valence-corrected chi connectivity index (χ0v) is 15.8. The summed E-state index contributed by atoms with van der Waals surface area (Å²) < 4.78 is 0. The van der Waals surface area contributed by atoms with Crippen LogP contribution in [-0.2, 0) is 0 Å². The van der Waals surface area contributed by atoms with Crippen LogP contribution in [0.1, 0.15) is 19.4 Å². The Morgan fingerprint density at radius 1 is 1.14 bits per heavy atom. The van der Waals surface area contributed by atoms with Gasteiger partial charge in [0.15, 0.2) is 0 Å². The molecule has 21 heavy (non-hydrogen) atoms. The molecule has 1 aromatic carbocycles. The van der Waals surface area contributed by atoms with E-state index >= 15 is 0 Å². The average Bonchev–Trinajstić information content (AvgIpc) is 2.45. The Balaban J connectivity index is 3.52. The summed E-state index contributed by atoms with van der Waals surface area (Å²) in [7, 11) is -1.59. The summed E-state index contributed by atoms with van der Waals surface area (Å²) in [4.78, 5) is 3.27. The number of hydrogen-bond acceptors (Lipinski definition) is 1. The molecule has 0 saturated carbocycles. The van der Waals surface area contributed by atoms with Gasteiger partial charge in [-0.05, 0) is 30.2 Å². The molecule has 114 valence electrons. The van der Waals surface area contributed by atoms with E-state index in [0.717, 1.165) is 18.1 Å². The SMILES string of the molecule is C=C/C(=C(\C(=S)N(CC)CC)[Si](C)(C)C)c1ccccc1. The molecule has 0 heterocycles. The molecule has 0 aromatic heterocycles. The zero-order valence-electron chi connectivity index (χ0n) is 13.9. The van der Waals surface area contributed by atoms with Crippen LogP contribution < -0.4 is 0 Å². The molecular formula is C18H27NSSi. The van der Waals surface area contributed by atoms with Crippen molar-refractivity contribution >= 4 is 30.9 Å². The van der Waals surface area contributed by atoms with Gasteiger partial charge in [-0.15, -0.1) is 0 Å². The molecule has 0 saturated heterocycles. The molecule has 0 N–H and O–H groups in total. The molecule has 3 heteroatoms. The Labute approximate surface area is 136 Å². The fourth-order valence-electron chi connectivity index (χ4n) is 2.49. The Morgan fingerprint density at radius 2 is 1.67 bits per heavy atom. The molecule has 1 rings (SSSR count). The van der Waals surface area contributed by atoms with Crippen molar-refractivity contribution in [3.05, 3.63) is 53.7 Å². The van der Waals surface area contributed by atoms with E-state index in [1.807, 2.05) is 12.1 Å². The van der Waals surface area contributed by atoms with E-state index in [2.05, 4.69) is 69.2 Å². The molecule has 0 unspecified atom stereocenters. The molecule has 0 atom stereocenters. The summed E-state index contributed by atoms with van der Waals surface area (Å²) in [5, 5.41) is 1.34. The van der Waals surface area contributed by atoms with Crippen LogP contribution in [0.25, 0.3) is 5.57 Å². The van der Waals surface area contributed by atoms with Crippen molar-refractivity contribution in [2.45, 2.75) is 33.5 Å². The normalized spacial score (nSPS) is 12.6. The van der Waals surface area contributed by atoms with Crippen LogP contribution in [0.3, 0.4) is 0 Å². The summed E-state index contributed by atoms with van der Waals surface area (Å²) in [6.45, 7) is 17.3. The van der Waals surface area contributed by atoms with Crippen molar-refractivity contribution in [3.63, 3.8) is 0 Å². The van der Waals surface area contributed by atoms with Crippen LogP contribution in [0.15, 0.2) is 48.2 Å². The summed E-state index contributed by atoms with van der Waals surface area (Å²) in [5.41, 5.74) is 2.41. The standard InChI is InChI=1S/C18H27NSSi/c1-7-16(15-13-11-10-12-14-15)17(21(4,5)6)18(20)19(8-2)9-3/h7,10-14H,1,8-9H2,2-6H3/b17-16-. The summed E-state index contributed by atoms with van der Waals surface area (Å²) in [5.74, 6) is 0. The van der Waals surface area contributed by atoms with Crippen molar-refractivity contribution in [2.75, 3.05) is 13.1 Å². The predicted molar refractivity (Wildman–Crippen MR) is 102 cm³/mol. The van der Waals surface area contributed by atoms with Gasteiger partial charge in [-0.1, -0.05) is 74.8 Å². The number of rotatable bonds is 6. The molecule has 0 bridgehead atoms. The fraction of sp³-hybridized carbons (Fsp3) is 0.389. The topological polar surface area (TPSA) is 3.24 Å². The lowest BCUT2D eigenvalue weighted by atomic mass is 10.1. The van der Waals surface area contributed by atoms with Gasteiger partial charge in [-0.25, -0.2) is 0 Å². The second-order valence-corrected chi connectivity index (χ2v) is 11.5. The van der Waals surface area contributed by atoms with E-state index in [0.29, 0.717) is 0 Å². The molecule has 0 radical (unpaired) electrons. The van der Waals surface area contributed by atoms with Crippen LogP contribution in [0.5, 0.6) is 0 Å². The van der Waals surface area contributed by atoms with Gasteiger partial charge in [0.25, 0.3) is 0 Å². The molecule has 0 spiro atoms. The lowest BCUT2D eigenvalue weighted by Gasteiger charge is -2.31. The maximum atomic E-state index is 5.84. The van der Waals surface area contributed by atoms with Crippen LogP contribution in [0.4, 0.5) is 0 Å². The largest absolute Gasteiger partial charge is 0.363 e. The molecule has 0 aliphatic heterocycles. The molecule has 0 fully saturated rings. The van der Waals surface area contributed by atoms with Crippen molar-refractivity contribution in [1.29, 1.82) is 0 Å². The third-order valence-corrected chi connectivity index (χ3v) is 6.22. The first-order chi connectivity index (χ1) is 9.86. The van der Waals surface area contributed by atoms with Crippen LogP contribution in [0.2, 0.25) is 19.6 Å². The second kappa shape index (κ2) is 7.71. The first-order valence-electron chi connectivity index (χ1n) is 7.58. The molecule has 0 amide bonds. The predicted octanol–water partition coefficient (Wildman–Crippen LogP) is 5.17. The Morgan fingerprint density at radius 3 is 2.05 bits per heavy atom. The van der Waals surface area contributed by atoms with Crippen LogP contribution >= 0.6 is 12.2 Å². The van der Waals surface area contributed by atoms with Gasteiger partial charge in [0.05, 0.1) is 8.07 Å². The summed E-state index contributed by atoms with van der Waals surface area (Å²) >= 11 is 5.84. The number of hydrogen-bond donors (Lipinski definition) is 0. The molecule has 0 aliphatic carbocycles. The highest BCUT2D eigenvalue weighted by Crippen LogP contribution is 2.29. The third kappa shape index (κ3) is 4.38. The van der Waals surface area contributed by atoms with Crippen LogP contribution in [-0.4, -0.2) is 31.1 Å². The molecular weight excluding hydrogens is 290 g/mol. The van der Waals surface area contributed by atoms with Gasteiger partial charge >= 0.3 is 0 Å². The maximum Gasteiger partial charge on any atom is 0.101 e. The maximum absolute atomic E-state index is 5.84. The monoisotopic (exact) mass is 317 g/mol. The Kier molecular flexibility index (Phi) is 6.56. The van der Waals surface area contributed by atoms with Gasteiger partial charge in [0, 0.05) is 13.1 Å². The third-order valence-electron chi connectivity index (χ3n) is 3.57. The van der Waals surface area contributed by atoms with Crippen LogP contribution in [0, 0.1) is 0 Å². The van der Waals surface area contributed by atoms with Gasteiger partial charge in [0.2, 0.25) is 0 Å². The van der Waals surface area contributed by atoms with E-state index in [1.165, 1.54) is 16.3 Å². The van der Waals surface area contributed by atoms with E-state index in [1.54, 1.807) is 0 Å². The van der Waals surface area contributed by atoms with E-state index in [4.69, 9.17) is 12.2 Å². The average molecular weight is 318 g/mol. The van der Waals surface area contributed by atoms with E-state index < -0.39 is 8.07 Å². The zero-order chi connectivity index (χ0) is 16.0.